The van der Waals surface area contributed by atoms with Gasteiger partial charge in [0.15, 0.2) is 0 Å². The van der Waals surface area contributed by atoms with Crippen LogP contribution in [0.4, 0.5) is 5.69 Å². The summed E-state index contributed by atoms with van der Waals surface area (Å²) in [4.78, 5) is 2.42. The Labute approximate surface area is 109 Å². The van der Waals surface area contributed by atoms with Crippen molar-refractivity contribution in [3.05, 3.63) is 23.8 Å². The Hall–Kier alpha value is -1.26. The van der Waals surface area contributed by atoms with Gasteiger partial charge in [-0.3, -0.25) is 4.90 Å². The monoisotopic (exact) mass is 250 g/mol. The van der Waals surface area contributed by atoms with Crippen LogP contribution < -0.4 is 10.5 Å². The molecule has 1 aliphatic rings. The van der Waals surface area contributed by atoms with Crippen LogP contribution in [0.2, 0.25) is 0 Å². The zero-order chi connectivity index (χ0) is 13.0. The Morgan fingerprint density at radius 1 is 1.50 bits per heavy atom. The first-order chi connectivity index (χ1) is 8.72. The number of methoxy groups -OCH3 is 1. The van der Waals surface area contributed by atoms with Gasteiger partial charge in [-0.15, -0.1) is 0 Å². The molecule has 0 radical (unpaired) electrons. The molecule has 1 fully saturated rings. The van der Waals surface area contributed by atoms with E-state index < -0.39 is 0 Å². The summed E-state index contributed by atoms with van der Waals surface area (Å²) in [6.45, 7) is 5.91. The first-order valence-corrected chi connectivity index (χ1v) is 6.49. The summed E-state index contributed by atoms with van der Waals surface area (Å²) in [5.41, 5.74) is 7.85. The van der Waals surface area contributed by atoms with Crippen LogP contribution in [0.1, 0.15) is 18.9 Å². The van der Waals surface area contributed by atoms with E-state index in [1.807, 2.05) is 12.1 Å². The molecule has 0 aliphatic carbocycles. The third-order valence-electron chi connectivity index (χ3n) is 3.38. The van der Waals surface area contributed by atoms with Crippen molar-refractivity contribution >= 4 is 5.69 Å². The van der Waals surface area contributed by atoms with Gasteiger partial charge in [0.05, 0.1) is 25.5 Å². The molecule has 2 N–H and O–H groups in total. The summed E-state index contributed by atoms with van der Waals surface area (Å²) in [7, 11) is 1.64. The van der Waals surface area contributed by atoms with Crippen LogP contribution in [-0.2, 0) is 11.3 Å². The van der Waals surface area contributed by atoms with Crippen LogP contribution in [0.5, 0.6) is 5.75 Å². The maximum absolute atomic E-state index is 5.92. The second kappa shape index (κ2) is 6.07. The minimum atomic E-state index is 0.370. The molecule has 0 saturated carbocycles. The molecule has 0 spiro atoms. The molecule has 100 valence electrons. The lowest BCUT2D eigenvalue weighted by molar-refractivity contribution is -0.0324. The SMILES string of the molecule is CCC1CN(Cc2ccc(OC)c(N)c2)CCO1. The third kappa shape index (κ3) is 3.15. The van der Waals surface area contributed by atoms with E-state index in [1.54, 1.807) is 7.11 Å². The Kier molecular flexibility index (Phi) is 4.44. The highest BCUT2D eigenvalue weighted by Crippen LogP contribution is 2.23. The van der Waals surface area contributed by atoms with Crippen molar-refractivity contribution in [2.45, 2.75) is 26.0 Å². The molecule has 1 heterocycles. The highest BCUT2D eigenvalue weighted by atomic mass is 16.5. The van der Waals surface area contributed by atoms with E-state index in [0.717, 1.165) is 38.4 Å². The number of rotatable bonds is 4. The maximum atomic E-state index is 5.92. The minimum absolute atomic E-state index is 0.370. The van der Waals surface area contributed by atoms with Gasteiger partial charge in [0, 0.05) is 19.6 Å². The van der Waals surface area contributed by atoms with Crippen LogP contribution in [-0.4, -0.2) is 37.8 Å². The Balaban J connectivity index is 1.98. The molecular weight excluding hydrogens is 228 g/mol. The van der Waals surface area contributed by atoms with Crippen LogP contribution in [0.25, 0.3) is 0 Å². The molecule has 1 atom stereocenters. The van der Waals surface area contributed by atoms with Gasteiger partial charge in [-0.05, 0) is 24.1 Å². The molecule has 1 aromatic rings. The van der Waals surface area contributed by atoms with Crippen LogP contribution >= 0.6 is 0 Å². The molecule has 1 aromatic carbocycles. The number of ether oxygens (including phenoxy) is 2. The van der Waals surface area contributed by atoms with Crippen molar-refractivity contribution in [1.82, 2.24) is 4.90 Å². The number of hydrogen-bond acceptors (Lipinski definition) is 4. The van der Waals surface area contributed by atoms with Crippen LogP contribution in [0, 0.1) is 0 Å². The van der Waals surface area contributed by atoms with Crippen molar-refractivity contribution in [3.8, 4) is 5.75 Å². The molecule has 0 amide bonds. The number of anilines is 1. The van der Waals surface area contributed by atoms with Crippen LogP contribution in [0.15, 0.2) is 18.2 Å². The van der Waals surface area contributed by atoms with Crippen molar-refractivity contribution in [2.24, 2.45) is 0 Å². The fourth-order valence-electron chi connectivity index (χ4n) is 2.31. The second-order valence-electron chi connectivity index (χ2n) is 4.71. The Bertz CT molecular complexity index is 395. The molecule has 1 saturated heterocycles. The van der Waals surface area contributed by atoms with E-state index >= 15 is 0 Å². The summed E-state index contributed by atoms with van der Waals surface area (Å²) < 4.78 is 10.8. The normalized spacial score (nSPS) is 20.9. The van der Waals surface area contributed by atoms with Gasteiger partial charge in [-0.2, -0.15) is 0 Å². The van der Waals surface area contributed by atoms with Gasteiger partial charge >= 0.3 is 0 Å². The number of nitrogen functional groups attached to an aromatic ring is 1. The van der Waals surface area contributed by atoms with Crippen molar-refractivity contribution < 1.29 is 9.47 Å². The Morgan fingerprint density at radius 2 is 2.33 bits per heavy atom. The van der Waals surface area contributed by atoms with Gasteiger partial charge in [0.1, 0.15) is 5.75 Å². The summed E-state index contributed by atoms with van der Waals surface area (Å²) >= 11 is 0. The van der Waals surface area contributed by atoms with E-state index in [2.05, 4.69) is 17.9 Å². The van der Waals surface area contributed by atoms with Crippen molar-refractivity contribution in [3.63, 3.8) is 0 Å². The molecule has 2 rings (SSSR count). The van der Waals surface area contributed by atoms with E-state index in [4.69, 9.17) is 15.2 Å². The largest absolute Gasteiger partial charge is 0.495 e. The smallest absolute Gasteiger partial charge is 0.141 e. The summed E-state index contributed by atoms with van der Waals surface area (Å²) in [6, 6.07) is 6.00. The van der Waals surface area contributed by atoms with Crippen LogP contribution in [0.3, 0.4) is 0 Å². The average Bonchev–Trinajstić information content (AvgIpc) is 2.39. The summed E-state index contributed by atoms with van der Waals surface area (Å²) in [6.07, 6.45) is 1.44. The lowest BCUT2D eigenvalue weighted by Crippen LogP contribution is -2.41. The number of hydrogen-bond donors (Lipinski definition) is 1. The van der Waals surface area contributed by atoms with Gasteiger partial charge in [0.25, 0.3) is 0 Å². The average molecular weight is 250 g/mol. The highest BCUT2D eigenvalue weighted by molar-refractivity contribution is 5.54. The molecule has 4 heteroatoms. The number of benzene rings is 1. The quantitative estimate of drug-likeness (QED) is 0.829. The highest BCUT2D eigenvalue weighted by Gasteiger charge is 2.18. The topological polar surface area (TPSA) is 47.7 Å². The summed E-state index contributed by atoms with van der Waals surface area (Å²) in [5.74, 6) is 0.743. The molecule has 1 unspecified atom stereocenters. The predicted octanol–water partition coefficient (Wildman–Crippen LogP) is 1.89. The molecule has 0 bridgehead atoms. The van der Waals surface area contributed by atoms with Gasteiger partial charge < -0.3 is 15.2 Å². The lowest BCUT2D eigenvalue weighted by atomic mass is 10.1. The van der Waals surface area contributed by atoms with Gasteiger partial charge in [-0.25, -0.2) is 0 Å². The fraction of sp³-hybridized carbons (Fsp3) is 0.571. The van der Waals surface area contributed by atoms with Gasteiger partial charge in [0.2, 0.25) is 0 Å². The Morgan fingerprint density at radius 3 is 3.00 bits per heavy atom. The van der Waals surface area contributed by atoms with E-state index in [1.165, 1.54) is 5.56 Å². The fourth-order valence-corrected chi connectivity index (χ4v) is 2.31. The first kappa shape index (κ1) is 13.2. The van der Waals surface area contributed by atoms with E-state index in [0.29, 0.717) is 11.8 Å². The minimum Gasteiger partial charge on any atom is -0.495 e. The summed E-state index contributed by atoms with van der Waals surface area (Å²) in [5, 5.41) is 0. The van der Waals surface area contributed by atoms with Crippen molar-refractivity contribution in [2.75, 3.05) is 32.5 Å². The zero-order valence-electron chi connectivity index (χ0n) is 11.2. The third-order valence-corrected chi connectivity index (χ3v) is 3.38. The predicted molar refractivity (Wildman–Crippen MR) is 72.7 cm³/mol. The molecule has 1 aliphatic heterocycles. The van der Waals surface area contributed by atoms with Gasteiger partial charge in [-0.1, -0.05) is 13.0 Å². The molecule has 0 aromatic heterocycles. The number of morpholine rings is 1. The molecule has 4 nitrogen and oxygen atoms in total. The number of nitrogens with two attached hydrogens (primary N) is 1. The standard InChI is InChI=1S/C14H22N2O2/c1-3-12-10-16(6-7-18-12)9-11-4-5-14(17-2)13(15)8-11/h4-5,8,12H,3,6-7,9-10,15H2,1-2H3. The number of nitrogens with zero attached hydrogens (tertiary/aromatic N) is 1. The molecule has 18 heavy (non-hydrogen) atoms. The molecular formula is C14H22N2O2. The maximum Gasteiger partial charge on any atom is 0.141 e. The van der Waals surface area contributed by atoms with Crippen molar-refractivity contribution in [1.29, 1.82) is 0 Å². The van der Waals surface area contributed by atoms with E-state index in [-0.39, 0.29) is 0 Å². The lowest BCUT2D eigenvalue weighted by Gasteiger charge is -2.32. The zero-order valence-corrected chi connectivity index (χ0v) is 11.2. The first-order valence-electron chi connectivity index (χ1n) is 6.49. The van der Waals surface area contributed by atoms with E-state index in [9.17, 15) is 0 Å². The second-order valence-corrected chi connectivity index (χ2v) is 4.71.